The van der Waals surface area contributed by atoms with Gasteiger partial charge in [-0.15, -0.1) is 0 Å². The summed E-state index contributed by atoms with van der Waals surface area (Å²) in [5, 5.41) is 0. The summed E-state index contributed by atoms with van der Waals surface area (Å²) < 4.78 is 1.86. The Morgan fingerprint density at radius 3 is 2.44 bits per heavy atom. The lowest BCUT2D eigenvalue weighted by molar-refractivity contribution is 0.0676. The monoisotopic (exact) mass is 373 g/mol. The van der Waals surface area contributed by atoms with E-state index in [2.05, 4.69) is 45.7 Å². The van der Waals surface area contributed by atoms with Gasteiger partial charge in [0.1, 0.15) is 0 Å². The fourth-order valence-electron chi connectivity index (χ4n) is 2.66. The van der Waals surface area contributed by atoms with Crippen LogP contribution in [-0.4, -0.2) is 22.9 Å². The van der Waals surface area contributed by atoms with Crippen LogP contribution in [0.2, 0.25) is 0 Å². The second kappa shape index (κ2) is 5.74. The highest BCUT2D eigenvalue weighted by atomic mass is 79.9. The molecule has 18 heavy (non-hydrogen) atoms. The number of likely N-dealkylation sites (tertiary alicyclic amines) is 1. The average Bonchev–Trinajstić information content (AvgIpc) is 2.68. The molecule has 2 atom stereocenters. The molecule has 1 aromatic rings. The highest BCUT2D eigenvalue weighted by Crippen LogP contribution is 2.29. The van der Waals surface area contributed by atoms with Gasteiger partial charge in [-0.3, -0.25) is 4.79 Å². The molecule has 1 fully saturated rings. The maximum Gasteiger partial charge on any atom is 0.254 e. The van der Waals surface area contributed by atoms with E-state index in [0.717, 1.165) is 33.8 Å². The van der Waals surface area contributed by atoms with E-state index >= 15 is 0 Å². The summed E-state index contributed by atoms with van der Waals surface area (Å²) in [6.45, 7) is 4.29. The van der Waals surface area contributed by atoms with Gasteiger partial charge in [-0.2, -0.15) is 0 Å². The van der Waals surface area contributed by atoms with Gasteiger partial charge in [0, 0.05) is 26.6 Å². The minimum atomic E-state index is 0.147. The van der Waals surface area contributed by atoms with Gasteiger partial charge < -0.3 is 4.90 Å². The van der Waals surface area contributed by atoms with Gasteiger partial charge in [-0.05, 0) is 44.4 Å². The van der Waals surface area contributed by atoms with Crippen LogP contribution in [0.3, 0.4) is 0 Å². The molecular formula is C14H17Br2NO. The van der Waals surface area contributed by atoms with Crippen molar-refractivity contribution in [3.8, 4) is 0 Å². The minimum absolute atomic E-state index is 0.147. The molecule has 2 nitrogen and oxygen atoms in total. The van der Waals surface area contributed by atoms with Crippen molar-refractivity contribution in [3.05, 3.63) is 32.7 Å². The SMILES string of the molecule is CCC1CCC(C)N1C(=O)c1cc(Br)cc(Br)c1. The number of amides is 1. The molecule has 1 saturated heterocycles. The van der Waals surface area contributed by atoms with E-state index in [1.165, 1.54) is 0 Å². The van der Waals surface area contributed by atoms with Gasteiger partial charge in [-0.25, -0.2) is 0 Å². The predicted octanol–water partition coefficient (Wildman–Crippen LogP) is 4.61. The number of halogens is 2. The summed E-state index contributed by atoms with van der Waals surface area (Å²) >= 11 is 6.87. The number of hydrogen-bond donors (Lipinski definition) is 0. The first-order valence-corrected chi connectivity index (χ1v) is 7.90. The van der Waals surface area contributed by atoms with Gasteiger partial charge in [0.2, 0.25) is 0 Å². The maximum absolute atomic E-state index is 12.6. The van der Waals surface area contributed by atoms with Crippen LogP contribution < -0.4 is 0 Å². The topological polar surface area (TPSA) is 20.3 Å². The number of nitrogens with zero attached hydrogens (tertiary/aromatic N) is 1. The highest BCUT2D eigenvalue weighted by Gasteiger charge is 2.33. The molecular weight excluding hydrogens is 358 g/mol. The Labute approximate surface area is 125 Å². The fraction of sp³-hybridized carbons (Fsp3) is 0.500. The van der Waals surface area contributed by atoms with E-state index in [0.29, 0.717) is 12.1 Å². The van der Waals surface area contributed by atoms with Crippen molar-refractivity contribution in [1.29, 1.82) is 0 Å². The second-order valence-electron chi connectivity index (χ2n) is 4.86. The Kier molecular flexibility index (Phi) is 4.49. The third-order valence-electron chi connectivity index (χ3n) is 3.60. The maximum atomic E-state index is 12.6. The quantitative estimate of drug-likeness (QED) is 0.739. The van der Waals surface area contributed by atoms with E-state index in [9.17, 15) is 4.79 Å². The summed E-state index contributed by atoms with van der Waals surface area (Å²) in [5.41, 5.74) is 0.753. The van der Waals surface area contributed by atoms with Crippen LogP contribution in [0.5, 0.6) is 0 Å². The lowest BCUT2D eigenvalue weighted by Gasteiger charge is -2.28. The molecule has 0 aliphatic carbocycles. The van der Waals surface area contributed by atoms with Gasteiger partial charge in [0.15, 0.2) is 0 Å². The molecule has 1 aromatic carbocycles. The van der Waals surface area contributed by atoms with Crippen LogP contribution in [-0.2, 0) is 0 Å². The Morgan fingerprint density at radius 2 is 1.89 bits per heavy atom. The molecule has 0 N–H and O–H groups in total. The zero-order valence-electron chi connectivity index (χ0n) is 10.6. The zero-order chi connectivity index (χ0) is 13.3. The van der Waals surface area contributed by atoms with E-state index < -0.39 is 0 Å². The van der Waals surface area contributed by atoms with Gasteiger partial charge in [0.05, 0.1) is 0 Å². The predicted molar refractivity (Wildman–Crippen MR) is 80.8 cm³/mol. The second-order valence-corrected chi connectivity index (χ2v) is 6.69. The first-order valence-electron chi connectivity index (χ1n) is 6.31. The Balaban J connectivity index is 2.29. The van der Waals surface area contributed by atoms with E-state index in [1.54, 1.807) is 0 Å². The summed E-state index contributed by atoms with van der Waals surface area (Å²) in [4.78, 5) is 14.7. The van der Waals surface area contributed by atoms with Crippen molar-refractivity contribution in [2.45, 2.75) is 45.2 Å². The summed E-state index contributed by atoms with van der Waals surface area (Å²) in [5.74, 6) is 0.147. The normalized spacial score (nSPS) is 23.4. The summed E-state index contributed by atoms with van der Waals surface area (Å²) in [6.07, 6.45) is 3.27. The van der Waals surface area contributed by atoms with Gasteiger partial charge in [0.25, 0.3) is 5.91 Å². The van der Waals surface area contributed by atoms with Crippen molar-refractivity contribution in [1.82, 2.24) is 4.90 Å². The number of rotatable bonds is 2. The first-order chi connectivity index (χ1) is 8.52. The lowest BCUT2D eigenvalue weighted by Crippen LogP contribution is -2.39. The van der Waals surface area contributed by atoms with Crippen LogP contribution >= 0.6 is 31.9 Å². The highest BCUT2D eigenvalue weighted by molar-refractivity contribution is 9.11. The molecule has 0 saturated carbocycles. The standard InChI is InChI=1S/C14H17Br2NO/c1-3-13-5-4-9(2)17(13)14(18)10-6-11(15)8-12(16)7-10/h6-9,13H,3-5H2,1-2H3. The number of carbonyl (C=O) groups is 1. The largest absolute Gasteiger partial charge is 0.333 e. The van der Waals surface area contributed by atoms with Crippen LogP contribution in [0.1, 0.15) is 43.5 Å². The molecule has 1 aliphatic rings. The van der Waals surface area contributed by atoms with E-state index in [-0.39, 0.29) is 5.91 Å². The van der Waals surface area contributed by atoms with Crippen molar-refractivity contribution >= 4 is 37.8 Å². The van der Waals surface area contributed by atoms with E-state index in [1.807, 2.05) is 23.1 Å². The molecule has 1 heterocycles. The summed E-state index contributed by atoms with van der Waals surface area (Å²) in [7, 11) is 0. The molecule has 0 bridgehead atoms. The number of carbonyl (C=O) groups excluding carboxylic acids is 1. The number of hydrogen-bond acceptors (Lipinski definition) is 1. The van der Waals surface area contributed by atoms with Crippen molar-refractivity contribution in [3.63, 3.8) is 0 Å². The van der Waals surface area contributed by atoms with Gasteiger partial charge in [-0.1, -0.05) is 38.8 Å². The lowest BCUT2D eigenvalue weighted by atomic mass is 10.1. The Morgan fingerprint density at radius 1 is 1.28 bits per heavy atom. The molecule has 1 amide bonds. The fourth-order valence-corrected chi connectivity index (χ4v) is 3.96. The molecule has 4 heteroatoms. The third kappa shape index (κ3) is 2.80. The summed E-state index contributed by atoms with van der Waals surface area (Å²) in [6, 6.07) is 6.47. The Hall–Kier alpha value is -0.350. The van der Waals surface area contributed by atoms with Gasteiger partial charge >= 0.3 is 0 Å². The smallest absolute Gasteiger partial charge is 0.254 e. The molecule has 2 unspecified atom stereocenters. The van der Waals surface area contributed by atoms with Crippen LogP contribution in [0.25, 0.3) is 0 Å². The first kappa shape index (κ1) is 14.1. The molecule has 2 rings (SSSR count). The molecule has 0 spiro atoms. The van der Waals surface area contributed by atoms with Crippen molar-refractivity contribution < 1.29 is 4.79 Å². The van der Waals surface area contributed by atoms with Crippen molar-refractivity contribution in [2.24, 2.45) is 0 Å². The molecule has 98 valence electrons. The van der Waals surface area contributed by atoms with E-state index in [4.69, 9.17) is 0 Å². The Bertz CT molecular complexity index is 441. The molecule has 0 aromatic heterocycles. The van der Waals surface area contributed by atoms with Crippen LogP contribution in [0.15, 0.2) is 27.1 Å². The number of benzene rings is 1. The zero-order valence-corrected chi connectivity index (χ0v) is 13.8. The van der Waals surface area contributed by atoms with Crippen LogP contribution in [0, 0.1) is 0 Å². The van der Waals surface area contributed by atoms with Crippen molar-refractivity contribution in [2.75, 3.05) is 0 Å². The molecule has 0 radical (unpaired) electrons. The minimum Gasteiger partial charge on any atom is -0.333 e. The average molecular weight is 375 g/mol. The third-order valence-corrected chi connectivity index (χ3v) is 4.52. The molecule has 1 aliphatic heterocycles. The van der Waals surface area contributed by atoms with Crippen LogP contribution in [0.4, 0.5) is 0 Å².